The molecule has 1 amide bonds. The van der Waals surface area contributed by atoms with Gasteiger partial charge in [-0.1, -0.05) is 6.07 Å². The van der Waals surface area contributed by atoms with E-state index in [0.717, 1.165) is 35.6 Å². The maximum atomic E-state index is 13.5. The van der Waals surface area contributed by atoms with Crippen LogP contribution in [0.5, 0.6) is 5.75 Å². The largest absolute Gasteiger partial charge is 0.489 e. The Kier molecular flexibility index (Phi) is 4.78. The van der Waals surface area contributed by atoms with E-state index in [0.29, 0.717) is 54.7 Å². The molecule has 1 saturated carbocycles. The maximum absolute atomic E-state index is 13.5. The number of morpholine rings is 1. The van der Waals surface area contributed by atoms with E-state index >= 15 is 0 Å². The third kappa shape index (κ3) is 3.55. The van der Waals surface area contributed by atoms with E-state index < -0.39 is 0 Å². The van der Waals surface area contributed by atoms with E-state index in [1.165, 1.54) is 12.8 Å². The predicted molar refractivity (Wildman–Crippen MR) is 136 cm³/mol. The van der Waals surface area contributed by atoms with Crippen LogP contribution >= 0.6 is 0 Å². The highest BCUT2D eigenvalue weighted by atomic mass is 16.5. The second-order valence-electron chi connectivity index (χ2n) is 10.2. The molecule has 0 spiro atoms. The van der Waals surface area contributed by atoms with Crippen LogP contribution < -0.4 is 15.0 Å². The molecular formula is C26H25N9O3. The molecule has 2 bridgehead atoms. The normalized spacial score (nSPS) is 21.5. The quantitative estimate of drug-likeness (QED) is 0.430. The van der Waals surface area contributed by atoms with Crippen LogP contribution in [0.1, 0.15) is 41.4 Å². The number of nitrogens with zero attached hydrogens (tertiary/aromatic N) is 8. The summed E-state index contributed by atoms with van der Waals surface area (Å²) >= 11 is 0. The minimum Gasteiger partial charge on any atom is -0.489 e. The van der Waals surface area contributed by atoms with Crippen LogP contribution in [-0.4, -0.2) is 72.6 Å². The number of hydrogen-bond acceptors (Lipinski definition) is 9. The Morgan fingerprint density at radius 1 is 1.16 bits per heavy atom. The number of amides is 1. The van der Waals surface area contributed by atoms with Crippen molar-refractivity contribution >= 4 is 17.3 Å². The van der Waals surface area contributed by atoms with Gasteiger partial charge in [-0.3, -0.25) is 4.79 Å². The van der Waals surface area contributed by atoms with Gasteiger partial charge in [-0.25, -0.2) is 14.6 Å². The van der Waals surface area contributed by atoms with Crippen molar-refractivity contribution in [2.24, 2.45) is 0 Å². The van der Waals surface area contributed by atoms with Crippen LogP contribution in [0.15, 0.2) is 43.0 Å². The number of tetrazole rings is 1. The number of imidazole rings is 1. The number of rotatable bonds is 5. The standard InChI is InChI=1S/C26H25N9O3/c36-26(29-19-3-1-2-18-24(19)37-7-6-35-25(18)30-31-32-35)20-9-22(33-12-21(28-14-33)15-4-5-15)23(10-27-20)34-11-17-8-16(34)13-38-17/h1-3,9-10,12,14-17H,4-8,11,13H2,(H,29,36)/t16-,17-/m0/s1. The summed E-state index contributed by atoms with van der Waals surface area (Å²) in [6, 6.07) is 7.70. The van der Waals surface area contributed by atoms with Crippen molar-refractivity contribution in [1.29, 1.82) is 0 Å². The molecule has 6 heterocycles. The number of aromatic nitrogens is 7. The highest BCUT2D eigenvalue weighted by molar-refractivity contribution is 6.05. The van der Waals surface area contributed by atoms with Gasteiger partial charge < -0.3 is 24.3 Å². The second kappa shape index (κ2) is 8.35. The number of anilines is 2. The first-order valence-electron chi connectivity index (χ1n) is 13.0. The second-order valence-corrected chi connectivity index (χ2v) is 10.2. The van der Waals surface area contributed by atoms with Crippen molar-refractivity contribution < 1.29 is 14.3 Å². The number of carbonyl (C=O) groups is 1. The summed E-state index contributed by atoms with van der Waals surface area (Å²) in [6.07, 6.45) is 9.34. The number of benzene rings is 1. The summed E-state index contributed by atoms with van der Waals surface area (Å²) in [5.74, 6) is 1.36. The summed E-state index contributed by atoms with van der Waals surface area (Å²) in [6.45, 7) is 2.45. The predicted octanol–water partition coefficient (Wildman–Crippen LogP) is 2.42. The zero-order valence-electron chi connectivity index (χ0n) is 20.5. The van der Waals surface area contributed by atoms with E-state index in [9.17, 15) is 4.79 Å². The van der Waals surface area contributed by atoms with E-state index in [-0.39, 0.29) is 12.0 Å². The van der Waals surface area contributed by atoms with Gasteiger partial charge in [0.05, 0.1) is 66.1 Å². The van der Waals surface area contributed by atoms with Crippen molar-refractivity contribution in [3.05, 3.63) is 54.4 Å². The van der Waals surface area contributed by atoms with Gasteiger partial charge in [-0.15, -0.1) is 5.10 Å². The van der Waals surface area contributed by atoms with Crippen molar-refractivity contribution in [2.75, 3.05) is 30.0 Å². The molecule has 38 heavy (non-hydrogen) atoms. The molecule has 0 radical (unpaired) electrons. The summed E-state index contributed by atoms with van der Waals surface area (Å²) in [7, 11) is 0. The molecule has 4 aromatic rings. The highest BCUT2D eigenvalue weighted by Gasteiger charge is 2.40. The molecule has 8 rings (SSSR count). The van der Waals surface area contributed by atoms with Crippen LogP contribution in [-0.2, 0) is 11.3 Å². The van der Waals surface area contributed by atoms with Crippen LogP contribution in [0.25, 0.3) is 17.1 Å². The van der Waals surface area contributed by atoms with Gasteiger partial charge in [0.15, 0.2) is 11.6 Å². The minimum absolute atomic E-state index is 0.245. The molecule has 12 nitrogen and oxygen atoms in total. The molecule has 12 heteroatoms. The smallest absolute Gasteiger partial charge is 0.274 e. The molecule has 3 aromatic heterocycles. The van der Waals surface area contributed by atoms with Gasteiger partial charge in [0.2, 0.25) is 0 Å². The molecule has 0 unspecified atom stereocenters. The van der Waals surface area contributed by atoms with Crippen LogP contribution in [0.4, 0.5) is 11.4 Å². The van der Waals surface area contributed by atoms with Crippen molar-refractivity contribution in [1.82, 2.24) is 34.7 Å². The van der Waals surface area contributed by atoms with E-state index in [1.54, 1.807) is 10.9 Å². The number of hydrogen-bond donors (Lipinski definition) is 1. The van der Waals surface area contributed by atoms with Gasteiger partial charge in [0, 0.05) is 18.7 Å². The Labute approximate surface area is 217 Å². The zero-order valence-corrected chi connectivity index (χ0v) is 20.5. The first-order valence-corrected chi connectivity index (χ1v) is 13.0. The van der Waals surface area contributed by atoms with Crippen molar-refractivity contribution in [2.45, 2.75) is 43.9 Å². The molecular weight excluding hydrogens is 486 g/mol. The lowest BCUT2D eigenvalue weighted by Crippen LogP contribution is -2.37. The fraction of sp³-hybridized carbons (Fsp3) is 0.385. The van der Waals surface area contributed by atoms with E-state index in [2.05, 4.69) is 41.9 Å². The number of pyridine rings is 1. The van der Waals surface area contributed by atoms with Gasteiger partial charge in [-0.05, 0) is 47.9 Å². The lowest BCUT2D eigenvalue weighted by molar-refractivity contribution is 0.0989. The fourth-order valence-electron chi connectivity index (χ4n) is 5.68. The molecule has 192 valence electrons. The van der Waals surface area contributed by atoms with Crippen LogP contribution in [0.2, 0.25) is 0 Å². The average Bonchev–Trinajstić information content (AvgIpc) is 3.30. The minimum atomic E-state index is -0.326. The Bertz CT molecular complexity index is 1560. The molecule has 4 aliphatic rings. The summed E-state index contributed by atoms with van der Waals surface area (Å²) in [5.41, 5.74) is 4.55. The summed E-state index contributed by atoms with van der Waals surface area (Å²) in [5, 5.41) is 14.9. The molecule has 3 aliphatic heterocycles. The average molecular weight is 512 g/mol. The maximum Gasteiger partial charge on any atom is 0.274 e. The molecule has 1 aliphatic carbocycles. The fourth-order valence-corrected chi connectivity index (χ4v) is 5.68. The number of nitrogens with one attached hydrogen (secondary N) is 1. The number of ether oxygens (including phenoxy) is 2. The van der Waals surface area contributed by atoms with Crippen LogP contribution in [0, 0.1) is 0 Å². The summed E-state index contributed by atoms with van der Waals surface area (Å²) < 4.78 is 15.5. The molecule has 1 N–H and O–H groups in total. The number of fused-ring (bicyclic) bond motifs is 5. The lowest BCUT2D eigenvalue weighted by atomic mass is 10.1. The molecule has 3 fully saturated rings. The zero-order chi connectivity index (χ0) is 25.2. The Morgan fingerprint density at radius 3 is 2.95 bits per heavy atom. The number of carbonyl (C=O) groups excluding carboxylic acids is 1. The van der Waals surface area contributed by atoms with E-state index in [4.69, 9.17) is 9.47 Å². The Hall–Kier alpha value is -4.32. The van der Waals surface area contributed by atoms with Crippen molar-refractivity contribution in [3.63, 3.8) is 0 Å². The first-order chi connectivity index (χ1) is 18.7. The first kappa shape index (κ1) is 21.7. The Morgan fingerprint density at radius 2 is 2.11 bits per heavy atom. The van der Waals surface area contributed by atoms with Gasteiger partial charge >= 0.3 is 0 Å². The van der Waals surface area contributed by atoms with Gasteiger partial charge in [-0.2, -0.15) is 0 Å². The lowest BCUT2D eigenvalue weighted by Gasteiger charge is -2.30. The van der Waals surface area contributed by atoms with Gasteiger partial charge in [0.25, 0.3) is 5.91 Å². The topological polar surface area (TPSA) is 125 Å². The third-order valence-electron chi connectivity index (χ3n) is 7.77. The SMILES string of the molecule is O=C(Nc1cccc2c1OCCn1nnnc1-2)c1cc(-n2cnc(C3CC3)c2)c(N2C[C@@H]3C[C@H]2CO3)cn1. The van der Waals surface area contributed by atoms with Crippen molar-refractivity contribution in [3.8, 4) is 22.8 Å². The molecule has 2 atom stereocenters. The Balaban J connectivity index is 1.14. The summed E-state index contributed by atoms with van der Waals surface area (Å²) in [4.78, 5) is 25.1. The van der Waals surface area contributed by atoms with Crippen LogP contribution in [0.3, 0.4) is 0 Å². The highest BCUT2D eigenvalue weighted by Crippen LogP contribution is 2.41. The number of para-hydroxylation sites is 1. The van der Waals surface area contributed by atoms with E-state index in [1.807, 2.05) is 35.2 Å². The monoisotopic (exact) mass is 511 g/mol. The molecule has 2 saturated heterocycles. The van der Waals surface area contributed by atoms with Gasteiger partial charge in [0.1, 0.15) is 12.3 Å². The third-order valence-corrected chi connectivity index (χ3v) is 7.77. The molecule has 1 aromatic carbocycles.